The van der Waals surface area contributed by atoms with Gasteiger partial charge in [0.2, 0.25) is 0 Å². The highest BCUT2D eigenvalue weighted by Crippen LogP contribution is 2.34. The quantitative estimate of drug-likeness (QED) is 0.501. The molecule has 4 aromatic rings. The van der Waals surface area contributed by atoms with Crippen LogP contribution in [0.25, 0.3) is 22.0 Å². The van der Waals surface area contributed by atoms with Crippen LogP contribution in [0.3, 0.4) is 0 Å². The van der Waals surface area contributed by atoms with Gasteiger partial charge in [-0.1, -0.05) is 11.6 Å². The van der Waals surface area contributed by atoms with Crippen LogP contribution in [-0.2, 0) is 4.74 Å². The van der Waals surface area contributed by atoms with Crippen molar-refractivity contribution in [2.45, 2.75) is 5.92 Å². The second kappa shape index (κ2) is 7.51. The Morgan fingerprint density at radius 1 is 1.10 bits per heavy atom. The van der Waals surface area contributed by atoms with E-state index in [4.69, 9.17) is 16.3 Å². The Balaban J connectivity index is 1.67. The van der Waals surface area contributed by atoms with Crippen LogP contribution >= 0.6 is 11.6 Å². The summed E-state index contributed by atoms with van der Waals surface area (Å²) in [5.74, 6) is -0.473. The molecule has 0 amide bonds. The summed E-state index contributed by atoms with van der Waals surface area (Å²) in [5.41, 5.74) is 2.89. The van der Waals surface area contributed by atoms with Gasteiger partial charge in [0.05, 0.1) is 35.7 Å². The lowest BCUT2D eigenvalue weighted by Gasteiger charge is -2.28. The predicted octanol–water partition coefficient (Wildman–Crippen LogP) is 4.64. The fourth-order valence-electron chi connectivity index (χ4n) is 3.52. The Bertz CT molecular complexity index is 1320. The SMILES string of the molecule is O=c1[nH]c(C2COC2)c(Nc2ccnc3ccncc23)cc1-c1cc(Cl)ccc1F. The lowest BCUT2D eigenvalue weighted by atomic mass is 9.98. The molecule has 0 unspecified atom stereocenters. The van der Waals surface area contributed by atoms with Crippen LogP contribution in [0.2, 0.25) is 5.02 Å². The summed E-state index contributed by atoms with van der Waals surface area (Å²) in [6, 6.07) is 9.45. The Morgan fingerprint density at radius 2 is 1.97 bits per heavy atom. The third kappa shape index (κ3) is 3.32. The third-order valence-corrected chi connectivity index (χ3v) is 5.38. The highest BCUT2D eigenvalue weighted by atomic mass is 35.5. The fraction of sp³-hybridized carbons (Fsp3) is 0.136. The van der Waals surface area contributed by atoms with Crippen molar-refractivity contribution in [3.8, 4) is 11.1 Å². The van der Waals surface area contributed by atoms with Crippen molar-refractivity contribution in [3.05, 3.63) is 81.9 Å². The molecule has 0 atom stereocenters. The van der Waals surface area contributed by atoms with Crippen LogP contribution < -0.4 is 10.9 Å². The van der Waals surface area contributed by atoms with E-state index < -0.39 is 5.82 Å². The van der Waals surface area contributed by atoms with Crippen LogP contribution in [-0.4, -0.2) is 28.2 Å². The molecule has 0 aliphatic carbocycles. The number of anilines is 2. The molecule has 0 radical (unpaired) electrons. The molecule has 1 saturated heterocycles. The monoisotopic (exact) mass is 422 g/mol. The first-order valence-electron chi connectivity index (χ1n) is 9.36. The highest BCUT2D eigenvalue weighted by Gasteiger charge is 2.26. The second-order valence-corrected chi connectivity index (χ2v) is 7.51. The molecule has 0 bridgehead atoms. The summed E-state index contributed by atoms with van der Waals surface area (Å²) in [7, 11) is 0. The second-order valence-electron chi connectivity index (χ2n) is 7.07. The number of pyridine rings is 3. The number of H-pyrrole nitrogens is 1. The van der Waals surface area contributed by atoms with Gasteiger partial charge in [-0.25, -0.2) is 4.39 Å². The summed E-state index contributed by atoms with van der Waals surface area (Å²) in [5, 5.41) is 4.56. The molecule has 0 saturated carbocycles. The molecule has 4 heterocycles. The minimum Gasteiger partial charge on any atom is -0.380 e. The topological polar surface area (TPSA) is 79.9 Å². The van der Waals surface area contributed by atoms with Gasteiger partial charge in [-0.15, -0.1) is 0 Å². The van der Waals surface area contributed by atoms with E-state index in [1.54, 1.807) is 24.7 Å². The van der Waals surface area contributed by atoms with Gasteiger partial charge in [0, 0.05) is 46.2 Å². The van der Waals surface area contributed by atoms with Crippen molar-refractivity contribution in [1.82, 2.24) is 15.0 Å². The number of ether oxygens (including phenoxy) is 1. The first kappa shape index (κ1) is 18.7. The Labute approximate surface area is 175 Å². The van der Waals surface area contributed by atoms with Crippen LogP contribution in [0.5, 0.6) is 0 Å². The number of benzene rings is 1. The van der Waals surface area contributed by atoms with Gasteiger partial charge in [0.15, 0.2) is 0 Å². The van der Waals surface area contributed by atoms with Crippen LogP contribution in [0, 0.1) is 5.82 Å². The predicted molar refractivity (Wildman–Crippen MR) is 114 cm³/mol. The summed E-state index contributed by atoms with van der Waals surface area (Å²) >= 11 is 6.04. The average Bonchev–Trinajstić information content (AvgIpc) is 2.71. The number of rotatable bonds is 4. The first-order chi connectivity index (χ1) is 14.6. The fourth-order valence-corrected chi connectivity index (χ4v) is 3.69. The first-order valence-corrected chi connectivity index (χ1v) is 9.74. The number of nitrogens with one attached hydrogen (secondary N) is 2. The van der Waals surface area contributed by atoms with Crippen molar-refractivity contribution in [2.75, 3.05) is 18.5 Å². The zero-order valence-corrected chi connectivity index (χ0v) is 16.4. The number of hydrogen-bond acceptors (Lipinski definition) is 5. The van der Waals surface area contributed by atoms with Gasteiger partial charge in [0.1, 0.15) is 5.82 Å². The largest absolute Gasteiger partial charge is 0.380 e. The van der Waals surface area contributed by atoms with Crippen molar-refractivity contribution in [2.24, 2.45) is 0 Å². The molecular formula is C22H16ClFN4O2. The zero-order chi connectivity index (χ0) is 20.7. The highest BCUT2D eigenvalue weighted by molar-refractivity contribution is 6.30. The number of nitrogens with zero attached hydrogens (tertiary/aromatic N) is 2. The van der Waals surface area contributed by atoms with E-state index in [0.717, 1.165) is 16.6 Å². The molecule has 1 fully saturated rings. The standard InChI is InChI=1S/C22H16ClFN4O2/c23-13-1-2-17(24)14(7-13)15-8-20(21(28-22(15)29)12-10-30-11-12)27-19-4-6-26-18-3-5-25-9-16(18)19/h1-9,12H,10-11H2,(H,26,27)(H,28,29). The normalized spacial score (nSPS) is 13.9. The van der Waals surface area contributed by atoms with E-state index in [9.17, 15) is 9.18 Å². The minimum atomic E-state index is -0.519. The van der Waals surface area contributed by atoms with Gasteiger partial charge in [0.25, 0.3) is 5.56 Å². The van der Waals surface area contributed by atoms with Crippen molar-refractivity contribution < 1.29 is 9.13 Å². The number of aromatic amines is 1. The van der Waals surface area contributed by atoms with Crippen LogP contribution in [0.1, 0.15) is 11.6 Å². The smallest absolute Gasteiger partial charge is 0.256 e. The Kier molecular flexibility index (Phi) is 4.69. The lowest BCUT2D eigenvalue weighted by Crippen LogP contribution is -2.29. The van der Waals surface area contributed by atoms with Crippen molar-refractivity contribution >= 4 is 33.9 Å². The minimum absolute atomic E-state index is 0.0460. The van der Waals surface area contributed by atoms with E-state index in [1.807, 2.05) is 12.1 Å². The molecule has 0 spiro atoms. The summed E-state index contributed by atoms with van der Waals surface area (Å²) in [6.07, 6.45) is 5.09. The van der Waals surface area contributed by atoms with Gasteiger partial charge < -0.3 is 15.0 Å². The molecule has 5 rings (SSSR count). The van der Waals surface area contributed by atoms with Gasteiger partial charge in [-0.2, -0.15) is 0 Å². The number of hydrogen-bond donors (Lipinski definition) is 2. The lowest BCUT2D eigenvalue weighted by molar-refractivity contribution is 0.00695. The molecule has 1 aliphatic rings. The maximum absolute atomic E-state index is 14.5. The number of halogens is 2. The summed E-state index contributed by atoms with van der Waals surface area (Å²) in [4.78, 5) is 24.3. The van der Waals surface area contributed by atoms with E-state index in [1.165, 1.54) is 18.2 Å². The maximum Gasteiger partial charge on any atom is 0.256 e. The number of fused-ring (bicyclic) bond motifs is 1. The molecule has 150 valence electrons. The molecule has 1 aromatic carbocycles. The van der Waals surface area contributed by atoms with Crippen molar-refractivity contribution in [1.29, 1.82) is 0 Å². The number of aromatic nitrogens is 3. The van der Waals surface area contributed by atoms with Crippen LogP contribution in [0.15, 0.2) is 59.8 Å². The van der Waals surface area contributed by atoms with E-state index in [2.05, 4.69) is 20.3 Å². The molecule has 30 heavy (non-hydrogen) atoms. The van der Waals surface area contributed by atoms with E-state index in [0.29, 0.717) is 29.6 Å². The van der Waals surface area contributed by atoms with Gasteiger partial charge in [-0.3, -0.25) is 14.8 Å². The third-order valence-electron chi connectivity index (χ3n) is 5.15. The zero-order valence-electron chi connectivity index (χ0n) is 15.7. The molecule has 2 N–H and O–H groups in total. The maximum atomic E-state index is 14.5. The van der Waals surface area contributed by atoms with E-state index >= 15 is 0 Å². The molecule has 8 heteroatoms. The van der Waals surface area contributed by atoms with Crippen LogP contribution in [0.4, 0.5) is 15.8 Å². The van der Waals surface area contributed by atoms with Crippen molar-refractivity contribution in [3.63, 3.8) is 0 Å². The van der Waals surface area contributed by atoms with Gasteiger partial charge in [-0.05, 0) is 36.4 Å². The molecular weight excluding hydrogens is 407 g/mol. The summed E-state index contributed by atoms with van der Waals surface area (Å²) < 4.78 is 19.8. The van der Waals surface area contributed by atoms with E-state index in [-0.39, 0.29) is 22.6 Å². The Morgan fingerprint density at radius 3 is 2.77 bits per heavy atom. The average molecular weight is 423 g/mol. The molecule has 3 aromatic heterocycles. The molecule has 6 nitrogen and oxygen atoms in total. The Hall–Kier alpha value is -3.29. The summed E-state index contributed by atoms with van der Waals surface area (Å²) in [6.45, 7) is 1.02. The molecule has 1 aliphatic heterocycles. The van der Waals surface area contributed by atoms with Gasteiger partial charge >= 0.3 is 0 Å².